The van der Waals surface area contributed by atoms with Gasteiger partial charge in [-0.25, -0.2) is 4.79 Å². The van der Waals surface area contributed by atoms with Crippen LogP contribution >= 0.6 is 0 Å². The quantitative estimate of drug-likeness (QED) is 0.119. The van der Waals surface area contributed by atoms with Gasteiger partial charge in [0.2, 0.25) is 5.91 Å². The number of aromatic hydroxyl groups is 1. The molecule has 1 aromatic heterocycles. The van der Waals surface area contributed by atoms with E-state index < -0.39 is 30.3 Å². The highest BCUT2D eigenvalue weighted by atomic mass is 16.6. The van der Waals surface area contributed by atoms with Crippen LogP contribution in [0.2, 0.25) is 0 Å². The first-order valence-corrected chi connectivity index (χ1v) is 16.5. The first-order valence-electron chi connectivity index (χ1n) is 16.5. The predicted octanol–water partition coefficient (Wildman–Crippen LogP) is 3.79. The Kier molecular flexibility index (Phi) is 13.0. The second kappa shape index (κ2) is 17.8. The van der Waals surface area contributed by atoms with Crippen molar-refractivity contribution < 1.29 is 38.7 Å². The summed E-state index contributed by atoms with van der Waals surface area (Å²) in [6.45, 7) is 0.951. The van der Waals surface area contributed by atoms with E-state index in [0.29, 0.717) is 44.4 Å². The number of cyclic esters (lactones) is 1. The number of hydrogen-bond acceptors (Lipinski definition) is 9. The van der Waals surface area contributed by atoms with Crippen LogP contribution in [0.4, 0.5) is 0 Å². The van der Waals surface area contributed by atoms with Gasteiger partial charge in [0.25, 0.3) is 0 Å². The van der Waals surface area contributed by atoms with Crippen molar-refractivity contribution in [2.75, 3.05) is 33.0 Å². The van der Waals surface area contributed by atoms with Crippen molar-refractivity contribution in [2.45, 2.75) is 63.1 Å². The van der Waals surface area contributed by atoms with Crippen molar-refractivity contribution in [3.63, 3.8) is 0 Å². The molecule has 0 saturated carbocycles. The lowest BCUT2D eigenvalue weighted by molar-refractivity contribution is -0.151. The fourth-order valence-electron chi connectivity index (χ4n) is 5.91. The van der Waals surface area contributed by atoms with Crippen LogP contribution in [0.15, 0.2) is 79.0 Å². The van der Waals surface area contributed by atoms with Gasteiger partial charge in [-0.3, -0.25) is 4.79 Å². The van der Waals surface area contributed by atoms with Crippen LogP contribution < -0.4 is 11.1 Å². The molecule has 0 saturated heterocycles. The fourth-order valence-corrected chi connectivity index (χ4v) is 5.91. The Balaban J connectivity index is 1.45. The molecule has 256 valence electrons. The van der Waals surface area contributed by atoms with E-state index in [4.69, 9.17) is 24.7 Å². The average Bonchev–Trinajstić information content (AvgIpc) is 3.50. The molecule has 0 aliphatic carbocycles. The van der Waals surface area contributed by atoms with Crippen LogP contribution in [-0.2, 0) is 43.2 Å². The van der Waals surface area contributed by atoms with Gasteiger partial charge in [-0.2, -0.15) is 0 Å². The van der Waals surface area contributed by atoms with E-state index in [1.807, 2.05) is 54.6 Å². The van der Waals surface area contributed by atoms with Gasteiger partial charge < -0.3 is 45.2 Å². The number of esters is 1. The zero-order chi connectivity index (χ0) is 33.7. The number of carbonyl (C=O) groups is 2. The second-order valence-corrected chi connectivity index (χ2v) is 12.0. The van der Waals surface area contributed by atoms with Gasteiger partial charge in [-0.05, 0) is 61.1 Å². The molecule has 11 heteroatoms. The van der Waals surface area contributed by atoms with Crippen molar-refractivity contribution in [2.24, 2.45) is 5.73 Å². The molecule has 2 heterocycles. The Morgan fingerprint density at radius 3 is 2.65 bits per heavy atom. The van der Waals surface area contributed by atoms with Crippen LogP contribution in [-0.4, -0.2) is 84.4 Å². The summed E-state index contributed by atoms with van der Waals surface area (Å²) in [7, 11) is 0. The molecule has 1 amide bonds. The number of phenols is 1. The normalized spacial score (nSPS) is 20.8. The molecular formula is C37H45N3O8. The van der Waals surface area contributed by atoms with Gasteiger partial charge in [0, 0.05) is 30.3 Å². The molecule has 48 heavy (non-hydrogen) atoms. The lowest BCUT2D eigenvalue weighted by Crippen LogP contribution is -2.57. The molecule has 5 rings (SSSR count). The third kappa shape index (κ3) is 9.42. The molecule has 6 N–H and O–H groups in total. The second-order valence-electron chi connectivity index (χ2n) is 12.0. The highest BCUT2D eigenvalue weighted by molar-refractivity contribution is 5.94. The van der Waals surface area contributed by atoms with Crippen LogP contribution in [0, 0.1) is 0 Å². The Morgan fingerprint density at radius 1 is 1.00 bits per heavy atom. The molecule has 0 radical (unpaired) electrons. The van der Waals surface area contributed by atoms with Crippen molar-refractivity contribution in [1.29, 1.82) is 0 Å². The number of aliphatic hydroxyl groups excluding tert-OH is 1. The van der Waals surface area contributed by atoms with Gasteiger partial charge in [0.1, 0.15) is 36.2 Å². The van der Waals surface area contributed by atoms with E-state index >= 15 is 0 Å². The van der Waals surface area contributed by atoms with E-state index in [0.717, 1.165) is 22.0 Å². The Morgan fingerprint density at radius 2 is 1.81 bits per heavy atom. The number of nitrogens with two attached hydrogens (primary N) is 1. The van der Waals surface area contributed by atoms with Gasteiger partial charge >= 0.3 is 5.97 Å². The summed E-state index contributed by atoms with van der Waals surface area (Å²) in [5.74, 6) is -1.30. The molecule has 0 spiro atoms. The SMILES string of the molecule is NCCCCO[C@H]1[C@H](O)[C@H](OCc2ccccc2)COCCCc2cccc(O)c2C(=O)OC[C@H]1NC(=O)Cc1c[nH]c2ccccc12. The summed E-state index contributed by atoms with van der Waals surface area (Å²) < 4.78 is 24.3. The van der Waals surface area contributed by atoms with Gasteiger partial charge in [0.15, 0.2) is 0 Å². The first kappa shape index (κ1) is 35.1. The minimum atomic E-state index is -1.28. The molecule has 4 atom stereocenters. The van der Waals surface area contributed by atoms with Crippen molar-refractivity contribution in [3.8, 4) is 5.75 Å². The number of rotatable bonds is 11. The number of H-pyrrole nitrogens is 1. The predicted molar refractivity (Wildman–Crippen MR) is 181 cm³/mol. The number of nitrogens with one attached hydrogen (secondary N) is 2. The summed E-state index contributed by atoms with van der Waals surface area (Å²) in [6.07, 6.45) is 0.957. The molecule has 4 aromatic rings. The fraction of sp³-hybridized carbons (Fsp3) is 0.405. The number of unbranched alkanes of at least 4 members (excludes halogenated alkanes) is 1. The topological polar surface area (TPSA) is 165 Å². The largest absolute Gasteiger partial charge is 0.507 e. The third-order valence-corrected chi connectivity index (χ3v) is 8.45. The molecular weight excluding hydrogens is 614 g/mol. The van der Waals surface area contributed by atoms with E-state index in [9.17, 15) is 19.8 Å². The molecule has 11 nitrogen and oxygen atoms in total. The van der Waals surface area contributed by atoms with Gasteiger partial charge in [-0.15, -0.1) is 0 Å². The zero-order valence-corrected chi connectivity index (χ0v) is 27.0. The number of aromatic nitrogens is 1. The summed E-state index contributed by atoms with van der Waals surface area (Å²) in [5, 5.41) is 26.4. The highest BCUT2D eigenvalue weighted by Crippen LogP contribution is 2.25. The standard InChI is InChI=1S/C37H45N3O8/c38-17-6-7-19-46-36-30(40-33(42)20-27-21-39-29-15-5-4-14-28(27)29)23-48-37(44)34-26(12-8-16-31(34)41)13-9-18-45-24-32(35(36)43)47-22-25-10-2-1-3-11-25/h1-5,8,10-12,14-16,21,30,32,35-36,39,41,43H,6-7,9,13,17-20,22-24,38H2,(H,40,42)/t30-,32-,35-,36-/m1/s1. The Hall–Kier alpha value is -4.26. The number of amides is 1. The third-order valence-electron chi connectivity index (χ3n) is 8.45. The van der Waals surface area contributed by atoms with E-state index in [1.165, 1.54) is 6.07 Å². The Bertz CT molecular complexity index is 1610. The number of ether oxygens (including phenoxy) is 4. The number of benzene rings is 3. The number of aryl methyl sites for hydroxylation is 1. The number of hydrogen-bond donors (Lipinski definition) is 5. The van der Waals surface area contributed by atoms with Crippen LogP contribution in [0.3, 0.4) is 0 Å². The molecule has 3 aromatic carbocycles. The number of fused-ring (bicyclic) bond motifs is 2. The smallest absolute Gasteiger partial charge is 0.342 e. The minimum Gasteiger partial charge on any atom is -0.507 e. The maximum atomic E-state index is 13.6. The summed E-state index contributed by atoms with van der Waals surface area (Å²) in [6, 6.07) is 21.2. The van der Waals surface area contributed by atoms with E-state index in [-0.39, 0.29) is 50.1 Å². The number of para-hydroxylation sites is 1. The monoisotopic (exact) mass is 659 g/mol. The van der Waals surface area contributed by atoms with Crippen LogP contribution in [0.5, 0.6) is 5.75 Å². The van der Waals surface area contributed by atoms with Crippen LogP contribution in [0.25, 0.3) is 10.9 Å². The van der Waals surface area contributed by atoms with Crippen LogP contribution in [0.1, 0.15) is 46.3 Å². The number of aromatic amines is 1. The molecule has 1 aliphatic rings. The highest BCUT2D eigenvalue weighted by Gasteiger charge is 2.38. The lowest BCUT2D eigenvalue weighted by atomic mass is 9.99. The summed E-state index contributed by atoms with van der Waals surface area (Å²) in [5.41, 5.74) is 9.00. The molecule has 0 bridgehead atoms. The van der Waals surface area contributed by atoms with E-state index in [2.05, 4.69) is 10.3 Å². The van der Waals surface area contributed by atoms with Crippen molar-refractivity contribution in [1.82, 2.24) is 10.3 Å². The number of phenolic OH excluding ortho intramolecular Hbond substituents is 1. The van der Waals surface area contributed by atoms with Gasteiger partial charge in [0.05, 0.1) is 25.7 Å². The zero-order valence-electron chi connectivity index (χ0n) is 27.0. The van der Waals surface area contributed by atoms with Gasteiger partial charge in [-0.1, -0.05) is 60.7 Å². The summed E-state index contributed by atoms with van der Waals surface area (Å²) in [4.78, 5) is 30.3. The van der Waals surface area contributed by atoms with Crippen molar-refractivity contribution >= 4 is 22.8 Å². The van der Waals surface area contributed by atoms with E-state index in [1.54, 1.807) is 18.3 Å². The average molecular weight is 660 g/mol. The first-order chi connectivity index (χ1) is 23.4. The summed E-state index contributed by atoms with van der Waals surface area (Å²) >= 11 is 0. The molecule has 0 fully saturated rings. The Labute approximate surface area is 280 Å². The molecule has 0 unspecified atom stereocenters. The van der Waals surface area contributed by atoms with Crippen molar-refractivity contribution in [3.05, 3.63) is 101 Å². The number of aliphatic hydroxyl groups is 1. The maximum Gasteiger partial charge on any atom is 0.342 e. The molecule has 1 aliphatic heterocycles. The lowest BCUT2D eigenvalue weighted by Gasteiger charge is -2.35. The maximum absolute atomic E-state index is 13.6. The minimum absolute atomic E-state index is 0.0329. The number of carbonyl (C=O) groups excluding carboxylic acids is 2.